The minimum atomic E-state index is -0.354. The van der Waals surface area contributed by atoms with Crippen molar-refractivity contribution in [2.45, 2.75) is 26.4 Å². The third kappa shape index (κ3) is 7.25. The molecular formula is C16H21FO3. The lowest BCUT2D eigenvalue weighted by Gasteiger charge is -2.06. The SMILES string of the molecule is CCCCOCCOCc1cc(F)cc(C#CCO)c1. The van der Waals surface area contributed by atoms with E-state index in [0.717, 1.165) is 25.0 Å². The van der Waals surface area contributed by atoms with E-state index in [1.165, 1.54) is 12.1 Å². The van der Waals surface area contributed by atoms with Gasteiger partial charge in [-0.3, -0.25) is 0 Å². The van der Waals surface area contributed by atoms with Crippen molar-refractivity contribution in [1.82, 2.24) is 0 Å². The number of aliphatic hydroxyl groups excluding tert-OH is 1. The molecule has 0 bridgehead atoms. The number of hydrogen-bond donors (Lipinski definition) is 1. The zero-order valence-electron chi connectivity index (χ0n) is 11.8. The third-order valence-corrected chi connectivity index (χ3v) is 2.55. The topological polar surface area (TPSA) is 38.7 Å². The van der Waals surface area contributed by atoms with Crippen LogP contribution in [0.15, 0.2) is 18.2 Å². The van der Waals surface area contributed by atoms with Crippen molar-refractivity contribution in [2.24, 2.45) is 0 Å². The lowest BCUT2D eigenvalue weighted by molar-refractivity contribution is 0.0396. The molecule has 1 rings (SSSR count). The van der Waals surface area contributed by atoms with E-state index in [9.17, 15) is 4.39 Å². The summed E-state index contributed by atoms with van der Waals surface area (Å²) >= 11 is 0. The summed E-state index contributed by atoms with van der Waals surface area (Å²) in [6, 6.07) is 4.51. The summed E-state index contributed by atoms with van der Waals surface area (Å²) in [4.78, 5) is 0. The quantitative estimate of drug-likeness (QED) is 0.587. The van der Waals surface area contributed by atoms with Gasteiger partial charge in [-0.2, -0.15) is 0 Å². The number of aliphatic hydroxyl groups is 1. The van der Waals surface area contributed by atoms with E-state index >= 15 is 0 Å². The Hall–Kier alpha value is -1.41. The first-order valence-electron chi connectivity index (χ1n) is 6.81. The van der Waals surface area contributed by atoms with Crippen LogP contribution in [0.5, 0.6) is 0 Å². The maximum absolute atomic E-state index is 13.4. The van der Waals surface area contributed by atoms with Crippen LogP contribution in [0.25, 0.3) is 0 Å². The Balaban J connectivity index is 2.34. The number of benzene rings is 1. The summed E-state index contributed by atoms with van der Waals surface area (Å²) in [5.41, 5.74) is 1.26. The van der Waals surface area contributed by atoms with Gasteiger partial charge in [0, 0.05) is 12.2 Å². The van der Waals surface area contributed by atoms with Gasteiger partial charge in [-0.1, -0.05) is 25.2 Å². The van der Waals surface area contributed by atoms with Crippen molar-refractivity contribution in [1.29, 1.82) is 0 Å². The zero-order valence-corrected chi connectivity index (χ0v) is 11.8. The molecule has 0 aliphatic rings. The van der Waals surface area contributed by atoms with Gasteiger partial charge in [0.05, 0.1) is 19.8 Å². The van der Waals surface area contributed by atoms with E-state index in [-0.39, 0.29) is 12.4 Å². The lowest BCUT2D eigenvalue weighted by atomic mass is 10.1. The molecule has 0 aliphatic heterocycles. The van der Waals surface area contributed by atoms with Crippen LogP contribution in [-0.2, 0) is 16.1 Å². The van der Waals surface area contributed by atoms with Crippen molar-refractivity contribution in [3.8, 4) is 11.8 Å². The Morgan fingerprint density at radius 3 is 2.70 bits per heavy atom. The van der Waals surface area contributed by atoms with Crippen LogP contribution < -0.4 is 0 Å². The van der Waals surface area contributed by atoms with Gasteiger partial charge in [0.15, 0.2) is 0 Å². The Labute approximate surface area is 119 Å². The minimum absolute atomic E-state index is 0.239. The number of hydrogen-bond acceptors (Lipinski definition) is 3. The predicted molar refractivity (Wildman–Crippen MR) is 75.7 cm³/mol. The van der Waals surface area contributed by atoms with Crippen molar-refractivity contribution < 1.29 is 19.0 Å². The molecule has 110 valence electrons. The molecule has 0 amide bonds. The van der Waals surface area contributed by atoms with Crippen molar-refractivity contribution in [3.05, 3.63) is 35.1 Å². The Morgan fingerprint density at radius 1 is 1.15 bits per heavy atom. The minimum Gasteiger partial charge on any atom is -0.384 e. The molecule has 0 fully saturated rings. The van der Waals surface area contributed by atoms with Gasteiger partial charge in [-0.25, -0.2) is 4.39 Å². The molecule has 0 heterocycles. The van der Waals surface area contributed by atoms with E-state index in [4.69, 9.17) is 14.6 Å². The molecule has 0 spiro atoms. The first-order chi connectivity index (χ1) is 9.76. The second-order valence-electron chi connectivity index (χ2n) is 4.33. The summed E-state index contributed by atoms with van der Waals surface area (Å²) in [5, 5.41) is 8.62. The highest BCUT2D eigenvalue weighted by atomic mass is 19.1. The van der Waals surface area contributed by atoms with Crippen LogP contribution in [0.1, 0.15) is 30.9 Å². The average Bonchev–Trinajstić information content (AvgIpc) is 2.43. The number of unbranched alkanes of at least 4 members (excludes halogenated alkanes) is 1. The summed E-state index contributed by atoms with van der Waals surface area (Å²) in [7, 11) is 0. The molecule has 0 aromatic heterocycles. The van der Waals surface area contributed by atoms with Crippen LogP contribution in [0.3, 0.4) is 0 Å². The summed E-state index contributed by atoms with van der Waals surface area (Å²) in [6.45, 7) is 3.98. The fourth-order valence-corrected chi connectivity index (χ4v) is 1.60. The van der Waals surface area contributed by atoms with Crippen molar-refractivity contribution in [3.63, 3.8) is 0 Å². The van der Waals surface area contributed by atoms with Gasteiger partial charge >= 0.3 is 0 Å². The monoisotopic (exact) mass is 280 g/mol. The molecule has 1 N–H and O–H groups in total. The van der Waals surface area contributed by atoms with Crippen LogP contribution in [0.4, 0.5) is 4.39 Å². The predicted octanol–water partition coefficient (Wildman–Crippen LogP) is 2.50. The van der Waals surface area contributed by atoms with Gasteiger partial charge in [0.25, 0.3) is 0 Å². The van der Waals surface area contributed by atoms with Gasteiger partial charge in [0.1, 0.15) is 12.4 Å². The molecule has 1 aromatic rings. The van der Waals surface area contributed by atoms with E-state index < -0.39 is 0 Å². The standard InChI is InChI=1S/C16H21FO3/c1-2-3-7-19-8-9-20-13-15-10-14(5-4-6-18)11-16(17)12-15/h10-12,18H,2-3,6-9,13H2,1H3. The van der Waals surface area contributed by atoms with Gasteiger partial charge in [-0.15, -0.1) is 0 Å². The van der Waals surface area contributed by atoms with E-state index in [0.29, 0.717) is 25.4 Å². The number of ether oxygens (including phenoxy) is 2. The van der Waals surface area contributed by atoms with Gasteiger partial charge in [-0.05, 0) is 30.2 Å². The number of rotatable bonds is 8. The molecule has 0 saturated carbocycles. The largest absolute Gasteiger partial charge is 0.384 e. The second kappa shape index (κ2) is 10.4. The Morgan fingerprint density at radius 2 is 1.95 bits per heavy atom. The summed E-state index contributed by atoms with van der Waals surface area (Å²) in [6.07, 6.45) is 2.17. The van der Waals surface area contributed by atoms with E-state index in [1.807, 2.05) is 0 Å². The van der Waals surface area contributed by atoms with Crippen LogP contribution in [0, 0.1) is 17.7 Å². The highest BCUT2D eigenvalue weighted by Crippen LogP contribution is 2.09. The van der Waals surface area contributed by atoms with Crippen LogP contribution in [-0.4, -0.2) is 31.5 Å². The number of halogens is 1. The molecule has 4 heteroatoms. The fourth-order valence-electron chi connectivity index (χ4n) is 1.60. The molecule has 1 aromatic carbocycles. The lowest BCUT2D eigenvalue weighted by Crippen LogP contribution is -2.05. The first-order valence-corrected chi connectivity index (χ1v) is 6.81. The van der Waals surface area contributed by atoms with E-state index in [1.54, 1.807) is 6.07 Å². The molecule has 3 nitrogen and oxygen atoms in total. The third-order valence-electron chi connectivity index (χ3n) is 2.55. The molecule has 0 aliphatic carbocycles. The highest BCUT2D eigenvalue weighted by molar-refractivity contribution is 5.37. The smallest absolute Gasteiger partial charge is 0.124 e. The summed E-state index contributed by atoms with van der Waals surface area (Å²) in [5.74, 6) is 4.82. The molecule has 0 unspecified atom stereocenters. The summed E-state index contributed by atoms with van der Waals surface area (Å²) < 4.78 is 24.1. The second-order valence-corrected chi connectivity index (χ2v) is 4.33. The molecule has 0 saturated heterocycles. The normalized spacial score (nSPS) is 10.2. The Kier molecular flexibility index (Phi) is 8.64. The van der Waals surface area contributed by atoms with Crippen molar-refractivity contribution >= 4 is 0 Å². The van der Waals surface area contributed by atoms with Gasteiger partial charge < -0.3 is 14.6 Å². The van der Waals surface area contributed by atoms with Crippen molar-refractivity contribution in [2.75, 3.05) is 26.4 Å². The first kappa shape index (κ1) is 16.6. The molecule has 20 heavy (non-hydrogen) atoms. The average molecular weight is 280 g/mol. The zero-order chi connectivity index (χ0) is 14.6. The van der Waals surface area contributed by atoms with E-state index in [2.05, 4.69) is 18.8 Å². The maximum Gasteiger partial charge on any atom is 0.124 e. The molecule has 0 atom stereocenters. The maximum atomic E-state index is 13.4. The van der Waals surface area contributed by atoms with Crippen LogP contribution in [0.2, 0.25) is 0 Å². The fraction of sp³-hybridized carbons (Fsp3) is 0.500. The van der Waals surface area contributed by atoms with Crippen LogP contribution >= 0.6 is 0 Å². The Bertz CT molecular complexity index is 449. The van der Waals surface area contributed by atoms with Gasteiger partial charge in [0.2, 0.25) is 0 Å². The highest BCUT2D eigenvalue weighted by Gasteiger charge is 2.00. The molecular weight excluding hydrogens is 259 g/mol. The molecule has 0 radical (unpaired) electrons.